The number of sulfonamides is 1. The van der Waals surface area contributed by atoms with E-state index in [1.165, 1.54) is 0 Å². The third kappa shape index (κ3) is 4.32. The highest BCUT2D eigenvalue weighted by Gasteiger charge is 2.33. The van der Waals surface area contributed by atoms with Gasteiger partial charge in [-0.3, -0.25) is 4.90 Å². The van der Waals surface area contributed by atoms with Crippen LogP contribution in [-0.4, -0.2) is 74.6 Å². The molecular weight excluding hydrogens is 344 g/mol. The van der Waals surface area contributed by atoms with Crippen molar-refractivity contribution >= 4 is 21.8 Å². The lowest BCUT2D eigenvalue weighted by atomic mass is 10.2. The monoisotopic (exact) mass is 370 g/mol. The molecule has 5 nitrogen and oxygen atoms in total. The fourth-order valence-electron chi connectivity index (χ4n) is 3.20. The Morgan fingerprint density at radius 3 is 2.58 bits per heavy atom. The van der Waals surface area contributed by atoms with Crippen molar-refractivity contribution in [3.8, 4) is 0 Å². The lowest BCUT2D eigenvalue weighted by Crippen LogP contribution is -2.50. The lowest BCUT2D eigenvalue weighted by molar-refractivity contribution is 0.0309. The van der Waals surface area contributed by atoms with E-state index in [0.717, 1.165) is 56.3 Å². The lowest BCUT2D eigenvalue weighted by Gasteiger charge is -2.35. The van der Waals surface area contributed by atoms with Gasteiger partial charge in [0.05, 0.1) is 18.1 Å². The molecule has 3 rings (SSSR count). The third-order valence-corrected chi connectivity index (χ3v) is 7.75. The molecule has 7 heteroatoms. The van der Waals surface area contributed by atoms with Gasteiger partial charge in [-0.05, 0) is 31.2 Å². The van der Waals surface area contributed by atoms with Gasteiger partial charge in [-0.1, -0.05) is 17.7 Å². The molecule has 1 aromatic carbocycles. The van der Waals surface area contributed by atoms with E-state index in [0.29, 0.717) is 11.4 Å². The molecule has 0 saturated carbocycles. The van der Waals surface area contributed by atoms with E-state index >= 15 is 0 Å². The molecule has 2 saturated heterocycles. The molecular formula is C17H26N2O3S2. The van der Waals surface area contributed by atoms with E-state index in [9.17, 15) is 8.42 Å². The summed E-state index contributed by atoms with van der Waals surface area (Å²) in [5.74, 6) is 1.89. The van der Waals surface area contributed by atoms with Crippen molar-refractivity contribution in [3.63, 3.8) is 0 Å². The molecule has 24 heavy (non-hydrogen) atoms. The smallest absolute Gasteiger partial charge is 0.243 e. The zero-order valence-corrected chi connectivity index (χ0v) is 15.8. The number of aryl methyl sites for hydroxylation is 1. The standard InChI is InChI=1S/C17H26N2O3S2/c1-15-3-5-17(6-4-15)24(20,21)19-7-2-12-23-14-16(19)13-18-8-10-22-11-9-18/h3-6,16H,2,7-14H2,1H3. The van der Waals surface area contributed by atoms with Crippen molar-refractivity contribution in [1.82, 2.24) is 9.21 Å². The van der Waals surface area contributed by atoms with Gasteiger partial charge in [-0.2, -0.15) is 16.1 Å². The zero-order chi connectivity index (χ0) is 17.0. The van der Waals surface area contributed by atoms with Crippen molar-refractivity contribution in [1.29, 1.82) is 0 Å². The number of morpholine rings is 1. The molecule has 0 N–H and O–H groups in total. The van der Waals surface area contributed by atoms with Crippen LogP contribution in [0, 0.1) is 6.92 Å². The molecule has 1 aromatic rings. The van der Waals surface area contributed by atoms with Gasteiger partial charge in [0.1, 0.15) is 0 Å². The third-order valence-electron chi connectivity index (χ3n) is 4.58. The number of thioether (sulfide) groups is 1. The molecule has 0 aromatic heterocycles. The van der Waals surface area contributed by atoms with Gasteiger partial charge in [0.2, 0.25) is 10.0 Å². The van der Waals surface area contributed by atoms with Crippen molar-refractivity contribution < 1.29 is 13.2 Å². The Balaban J connectivity index is 1.81. The first-order valence-corrected chi connectivity index (χ1v) is 11.1. The van der Waals surface area contributed by atoms with Gasteiger partial charge < -0.3 is 4.74 Å². The minimum absolute atomic E-state index is 0.0295. The maximum Gasteiger partial charge on any atom is 0.243 e. The first-order valence-electron chi connectivity index (χ1n) is 8.54. The van der Waals surface area contributed by atoms with Crippen LogP contribution in [-0.2, 0) is 14.8 Å². The number of hydrogen-bond donors (Lipinski definition) is 0. The average molecular weight is 371 g/mol. The van der Waals surface area contributed by atoms with Crippen molar-refractivity contribution in [3.05, 3.63) is 29.8 Å². The highest BCUT2D eigenvalue weighted by molar-refractivity contribution is 7.99. The van der Waals surface area contributed by atoms with Crippen LogP contribution in [0.1, 0.15) is 12.0 Å². The summed E-state index contributed by atoms with van der Waals surface area (Å²) in [5.41, 5.74) is 1.07. The summed E-state index contributed by atoms with van der Waals surface area (Å²) in [6.07, 6.45) is 0.912. The number of nitrogens with zero attached hydrogens (tertiary/aromatic N) is 2. The molecule has 2 heterocycles. The first kappa shape index (κ1) is 18.2. The van der Waals surface area contributed by atoms with Gasteiger partial charge in [0.25, 0.3) is 0 Å². The van der Waals surface area contributed by atoms with Crippen molar-refractivity contribution in [2.24, 2.45) is 0 Å². The van der Waals surface area contributed by atoms with Crippen LogP contribution in [0.15, 0.2) is 29.2 Å². The van der Waals surface area contributed by atoms with E-state index < -0.39 is 10.0 Å². The predicted molar refractivity (Wildman–Crippen MR) is 98.1 cm³/mol. The van der Waals surface area contributed by atoms with Crippen LogP contribution < -0.4 is 0 Å². The van der Waals surface area contributed by atoms with Gasteiger partial charge in [-0.25, -0.2) is 8.42 Å². The number of benzene rings is 1. The first-order chi connectivity index (χ1) is 11.6. The fourth-order valence-corrected chi connectivity index (χ4v) is 6.00. The van der Waals surface area contributed by atoms with Crippen LogP contribution in [0.2, 0.25) is 0 Å². The van der Waals surface area contributed by atoms with E-state index in [2.05, 4.69) is 4.90 Å². The Bertz CT molecular complexity index is 628. The molecule has 1 atom stereocenters. The van der Waals surface area contributed by atoms with Crippen LogP contribution in [0.5, 0.6) is 0 Å². The van der Waals surface area contributed by atoms with Gasteiger partial charge in [-0.15, -0.1) is 0 Å². The minimum Gasteiger partial charge on any atom is -0.379 e. The molecule has 134 valence electrons. The maximum absolute atomic E-state index is 13.2. The molecule has 2 aliphatic rings. The second kappa shape index (κ2) is 8.19. The van der Waals surface area contributed by atoms with Crippen LogP contribution >= 0.6 is 11.8 Å². The SMILES string of the molecule is Cc1ccc(S(=O)(=O)N2CCCSCC2CN2CCOCC2)cc1. The molecule has 0 amide bonds. The predicted octanol–water partition coefficient (Wildman–Crippen LogP) is 1.82. The Labute approximate surface area is 149 Å². The summed E-state index contributed by atoms with van der Waals surface area (Å²) in [7, 11) is -3.44. The molecule has 2 fully saturated rings. The highest BCUT2D eigenvalue weighted by Crippen LogP contribution is 2.25. The van der Waals surface area contributed by atoms with E-state index in [4.69, 9.17) is 4.74 Å². The maximum atomic E-state index is 13.2. The zero-order valence-electron chi connectivity index (χ0n) is 14.2. The summed E-state index contributed by atoms with van der Waals surface area (Å²) in [6, 6.07) is 7.23. The second-order valence-electron chi connectivity index (χ2n) is 6.42. The van der Waals surface area contributed by atoms with Gasteiger partial charge in [0, 0.05) is 38.0 Å². The Kier molecular flexibility index (Phi) is 6.21. The average Bonchev–Trinajstić information content (AvgIpc) is 2.82. The largest absolute Gasteiger partial charge is 0.379 e. The molecule has 0 aliphatic carbocycles. The quantitative estimate of drug-likeness (QED) is 0.809. The molecule has 0 bridgehead atoms. The second-order valence-corrected chi connectivity index (χ2v) is 9.46. The van der Waals surface area contributed by atoms with Crippen molar-refractivity contribution in [2.45, 2.75) is 24.3 Å². The summed E-state index contributed by atoms with van der Waals surface area (Å²) >= 11 is 1.87. The Morgan fingerprint density at radius 2 is 1.88 bits per heavy atom. The summed E-state index contributed by atoms with van der Waals surface area (Å²) in [5, 5.41) is 0. The highest BCUT2D eigenvalue weighted by atomic mass is 32.2. The van der Waals surface area contributed by atoms with Crippen LogP contribution in [0.25, 0.3) is 0 Å². The summed E-state index contributed by atoms with van der Waals surface area (Å²) < 4.78 is 33.5. The minimum atomic E-state index is -3.44. The summed E-state index contributed by atoms with van der Waals surface area (Å²) in [6.45, 7) is 6.63. The fraction of sp³-hybridized carbons (Fsp3) is 0.647. The molecule has 0 spiro atoms. The van der Waals surface area contributed by atoms with E-state index in [1.807, 2.05) is 30.8 Å². The molecule has 1 unspecified atom stereocenters. The molecule has 2 aliphatic heterocycles. The van der Waals surface area contributed by atoms with Gasteiger partial charge >= 0.3 is 0 Å². The number of ether oxygens (including phenoxy) is 1. The number of rotatable bonds is 4. The topological polar surface area (TPSA) is 49.9 Å². The van der Waals surface area contributed by atoms with Gasteiger partial charge in [0.15, 0.2) is 0 Å². The van der Waals surface area contributed by atoms with Crippen LogP contribution in [0.3, 0.4) is 0 Å². The van der Waals surface area contributed by atoms with E-state index in [1.54, 1.807) is 16.4 Å². The Morgan fingerprint density at radius 1 is 1.17 bits per heavy atom. The van der Waals surface area contributed by atoms with E-state index in [-0.39, 0.29) is 6.04 Å². The number of hydrogen-bond acceptors (Lipinski definition) is 5. The summed E-state index contributed by atoms with van der Waals surface area (Å²) in [4.78, 5) is 2.74. The Hall–Kier alpha value is -0.600. The van der Waals surface area contributed by atoms with Crippen LogP contribution in [0.4, 0.5) is 0 Å². The molecule has 0 radical (unpaired) electrons. The normalized spacial score (nSPS) is 24.6. The van der Waals surface area contributed by atoms with Crippen molar-refractivity contribution in [2.75, 3.05) is 50.9 Å².